The zero-order chi connectivity index (χ0) is 12.4. The summed E-state index contributed by atoms with van der Waals surface area (Å²) in [5.41, 5.74) is 3.18. The molecule has 0 atom stereocenters. The van der Waals surface area contributed by atoms with Gasteiger partial charge in [-0.15, -0.1) is 0 Å². The molecule has 0 aromatic carbocycles. The molecule has 0 fully saturated rings. The van der Waals surface area contributed by atoms with Gasteiger partial charge in [-0.25, -0.2) is 19.9 Å². The summed E-state index contributed by atoms with van der Waals surface area (Å²) >= 11 is 3.68. The molecular weight excluding hydrogens is 347 g/mol. The fraction of sp³-hybridized carbons (Fsp3) is 0.273. The van der Waals surface area contributed by atoms with Crippen molar-refractivity contribution >= 4 is 34.4 Å². The van der Waals surface area contributed by atoms with Gasteiger partial charge in [0.15, 0.2) is 5.16 Å². The van der Waals surface area contributed by atoms with Gasteiger partial charge in [0.2, 0.25) is 0 Å². The van der Waals surface area contributed by atoms with Crippen LogP contribution in [0, 0.1) is 24.3 Å². The Balaban J connectivity index is 2.34. The van der Waals surface area contributed by atoms with Gasteiger partial charge in [-0.1, -0.05) is 0 Å². The van der Waals surface area contributed by atoms with Crippen molar-refractivity contribution in [2.75, 3.05) is 0 Å². The Kier molecular flexibility index (Phi) is 3.93. The molecule has 0 spiro atoms. The summed E-state index contributed by atoms with van der Waals surface area (Å²) in [4.78, 5) is 17.1. The monoisotopic (exact) mass is 358 g/mol. The lowest BCUT2D eigenvalue weighted by molar-refractivity contribution is 0.876. The van der Waals surface area contributed by atoms with Crippen LogP contribution in [-0.2, 0) is 0 Å². The smallest absolute Gasteiger partial charge is 0.194 e. The molecule has 0 bridgehead atoms. The molecule has 0 radical (unpaired) electrons. The van der Waals surface area contributed by atoms with E-state index in [9.17, 15) is 0 Å². The third-order valence-corrected chi connectivity index (χ3v) is 4.47. The number of nitrogens with zero attached hydrogens (tertiary/aromatic N) is 4. The molecule has 0 aliphatic rings. The minimum absolute atomic E-state index is 0.738. The van der Waals surface area contributed by atoms with Crippen LogP contribution in [-0.4, -0.2) is 19.9 Å². The zero-order valence-electron chi connectivity index (χ0n) is 9.73. The maximum Gasteiger partial charge on any atom is 0.194 e. The van der Waals surface area contributed by atoms with Crippen LogP contribution in [0.1, 0.15) is 17.0 Å². The second-order valence-corrected chi connectivity index (χ2v) is 5.70. The highest BCUT2D eigenvalue weighted by Crippen LogP contribution is 2.27. The molecule has 17 heavy (non-hydrogen) atoms. The van der Waals surface area contributed by atoms with Gasteiger partial charge in [0.1, 0.15) is 11.4 Å². The first-order valence-corrected chi connectivity index (χ1v) is 6.92. The summed E-state index contributed by atoms with van der Waals surface area (Å²) < 4.78 is 1.01. The van der Waals surface area contributed by atoms with Crippen LogP contribution in [0.15, 0.2) is 22.7 Å². The lowest BCUT2D eigenvalue weighted by Gasteiger charge is -2.06. The molecule has 0 saturated carbocycles. The SMILES string of the molecule is Cc1nc(Sc2ncncc2I)nc(C)c1C. The van der Waals surface area contributed by atoms with Crippen LogP contribution in [0.3, 0.4) is 0 Å². The fourth-order valence-electron chi connectivity index (χ4n) is 1.25. The summed E-state index contributed by atoms with van der Waals surface area (Å²) in [5, 5.41) is 1.63. The number of halogens is 1. The predicted molar refractivity (Wildman–Crippen MR) is 75.1 cm³/mol. The Morgan fingerprint density at radius 1 is 1.12 bits per heavy atom. The van der Waals surface area contributed by atoms with Crippen molar-refractivity contribution in [3.8, 4) is 0 Å². The molecule has 4 nitrogen and oxygen atoms in total. The van der Waals surface area contributed by atoms with Gasteiger partial charge in [0.05, 0.1) is 3.57 Å². The van der Waals surface area contributed by atoms with Gasteiger partial charge >= 0.3 is 0 Å². The zero-order valence-corrected chi connectivity index (χ0v) is 12.7. The first-order valence-electron chi connectivity index (χ1n) is 5.03. The largest absolute Gasteiger partial charge is 0.244 e. The summed E-state index contributed by atoms with van der Waals surface area (Å²) in [6, 6.07) is 0. The summed E-state index contributed by atoms with van der Waals surface area (Å²) in [5.74, 6) is 0. The number of hydrogen-bond acceptors (Lipinski definition) is 5. The lowest BCUT2D eigenvalue weighted by atomic mass is 10.2. The van der Waals surface area contributed by atoms with Gasteiger partial charge in [-0.3, -0.25) is 0 Å². The van der Waals surface area contributed by atoms with E-state index in [4.69, 9.17) is 0 Å². The Morgan fingerprint density at radius 2 is 1.76 bits per heavy atom. The number of aromatic nitrogens is 4. The molecule has 6 heteroatoms. The van der Waals surface area contributed by atoms with E-state index in [-0.39, 0.29) is 0 Å². The molecule has 0 unspecified atom stereocenters. The lowest BCUT2D eigenvalue weighted by Crippen LogP contribution is -1.98. The molecule has 0 aliphatic carbocycles. The Morgan fingerprint density at radius 3 is 2.35 bits per heavy atom. The van der Waals surface area contributed by atoms with Crippen molar-refractivity contribution in [3.05, 3.63) is 33.0 Å². The van der Waals surface area contributed by atoms with Gasteiger partial charge in [0, 0.05) is 17.6 Å². The van der Waals surface area contributed by atoms with Crippen LogP contribution in [0.2, 0.25) is 0 Å². The molecule has 88 valence electrons. The highest BCUT2D eigenvalue weighted by molar-refractivity contribution is 14.1. The Labute approximate surface area is 118 Å². The molecule has 0 amide bonds. The summed E-state index contributed by atoms with van der Waals surface area (Å²) in [7, 11) is 0. The van der Waals surface area contributed by atoms with E-state index in [1.807, 2.05) is 20.8 Å². The van der Waals surface area contributed by atoms with Gasteiger partial charge < -0.3 is 0 Å². The maximum atomic E-state index is 4.46. The first kappa shape index (κ1) is 12.7. The van der Waals surface area contributed by atoms with E-state index < -0.39 is 0 Å². The average Bonchev–Trinajstić information content (AvgIpc) is 2.29. The molecule has 0 aliphatic heterocycles. The van der Waals surface area contributed by atoms with Crippen molar-refractivity contribution in [3.63, 3.8) is 0 Å². The standard InChI is InChI=1S/C11H11IN4S/c1-6-7(2)15-11(16-8(6)3)17-10-9(12)4-13-5-14-10/h4-5H,1-3H3. The van der Waals surface area contributed by atoms with Crippen molar-refractivity contribution in [1.82, 2.24) is 19.9 Å². The Hall–Kier alpha value is -0.760. The topological polar surface area (TPSA) is 51.6 Å². The van der Waals surface area contributed by atoms with E-state index >= 15 is 0 Å². The number of rotatable bonds is 2. The van der Waals surface area contributed by atoms with Gasteiger partial charge in [0.25, 0.3) is 0 Å². The first-order chi connectivity index (χ1) is 8.08. The van der Waals surface area contributed by atoms with E-state index in [2.05, 4.69) is 42.5 Å². The van der Waals surface area contributed by atoms with Gasteiger partial charge in [-0.05, 0) is 60.7 Å². The normalized spacial score (nSPS) is 10.6. The number of aryl methyl sites for hydroxylation is 2. The number of hydrogen-bond donors (Lipinski definition) is 0. The van der Waals surface area contributed by atoms with Crippen molar-refractivity contribution in [2.45, 2.75) is 31.0 Å². The quantitative estimate of drug-likeness (QED) is 0.469. The predicted octanol–water partition coefficient (Wildman–Crippen LogP) is 2.95. The summed E-state index contributed by atoms with van der Waals surface area (Å²) in [6.45, 7) is 6.03. The molecule has 2 aromatic rings. The van der Waals surface area contributed by atoms with Crippen LogP contribution >= 0.6 is 34.4 Å². The summed E-state index contributed by atoms with van der Waals surface area (Å²) in [6.07, 6.45) is 3.32. The third-order valence-electron chi connectivity index (χ3n) is 2.43. The second-order valence-electron chi connectivity index (χ2n) is 3.58. The molecule has 0 saturated heterocycles. The Bertz CT molecular complexity index is 536. The van der Waals surface area contributed by atoms with Crippen LogP contribution in [0.25, 0.3) is 0 Å². The van der Waals surface area contributed by atoms with E-state index in [0.717, 1.165) is 30.7 Å². The second kappa shape index (κ2) is 5.26. The van der Waals surface area contributed by atoms with Crippen molar-refractivity contribution in [1.29, 1.82) is 0 Å². The molecule has 2 aromatic heterocycles. The highest BCUT2D eigenvalue weighted by atomic mass is 127. The average molecular weight is 358 g/mol. The highest BCUT2D eigenvalue weighted by Gasteiger charge is 2.09. The molecule has 0 N–H and O–H groups in total. The van der Waals surface area contributed by atoms with Crippen LogP contribution in [0.5, 0.6) is 0 Å². The van der Waals surface area contributed by atoms with E-state index in [0.29, 0.717) is 0 Å². The minimum Gasteiger partial charge on any atom is -0.244 e. The van der Waals surface area contributed by atoms with E-state index in [1.54, 1.807) is 12.5 Å². The minimum atomic E-state index is 0.738. The van der Waals surface area contributed by atoms with E-state index in [1.165, 1.54) is 11.8 Å². The third kappa shape index (κ3) is 2.92. The molecule has 2 rings (SSSR count). The van der Waals surface area contributed by atoms with Crippen molar-refractivity contribution in [2.24, 2.45) is 0 Å². The van der Waals surface area contributed by atoms with Crippen LogP contribution < -0.4 is 0 Å². The maximum absolute atomic E-state index is 4.46. The van der Waals surface area contributed by atoms with Crippen molar-refractivity contribution < 1.29 is 0 Å². The molecule has 2 heterocycles. The van der Waals surface area contributed by atoms with Gasteiger partial charge in [-0.2, -0.15) is 0 Å². The molecular formula is C11H11IN4S. The van der Waals surface area contributed by atoms with Crippen LogP contribution in [0.4, 0.5) is 0 Å². The fourth-order valence-corrected chi connectivity index (χ4v) is 2.67.